The number of hydrogen-bond donors (Lipinski definition) is 1. The minimum absolute atomic E-state index is 0. The van der Waals surface area contributed by atoms with Crippen LogP contribution in [0.1, 0.15) is 53.6 Å². The van der Waals surface area contributed by atoms with Crippen LogP contribution in [0, 0.1) is 18.6 Å². The van der Waals surface area contributed by atoms with Crippen molar-refractivity contribution in [1.29, 1.82) is 0 Å². The standard InChI is InChI=1S/C31H29F2NO3.ClH/c1-19(23-13-6-10-21-9-3-4-12-24(21)23)8-5-11-22-18-34(28-15-7-14-26(33)30(28)37-22)27-17-16-25(32)29(20(27)2)31(35)36;/h3-4,6-7,9-10,12-17,19,22H,5,8,11,18H2,1-2H3,(H,35,36);1H/t19-,22?;/m0./s1. The summed E-state index contributed by atoms with van der Waals surface area (Å²) in [4.78, 5) is 13.6. The third-order valence-corrected chi connectivity index (χ3v) is 7.32. The first-order valence-corrected chi connectivity index (χ1v) is 12.6. The third kappa shape index (κ3) is 5.18. The van der Waals surface area contributed by atoms with E-state index < -0.39 is 17.6 Å². The highest BCUT2D eigenvalue weighted by molar-refractivity contribution is 5.92. The molecule has 1 N–H and O–H groups in total. The molecule has 38 heavy (non-hydrogen) atoms. The van der Waals surface area contributed by atoms with Crippen molar-refractivity contribution in [2.24, 2.45) is 0 Å². The van der Waals surface area contributed by atoms with Gasteiger partial charge in [-0.1, -0.05) is 55.5 Å². The van der Waals surface area contributed by atoms with Crippen molar-refractivity contribution in [3.8, 4) is 5.75 Å². The zero-order valence-corrected chi connectivity index (χ0v) is 22.1. The van der Waals surface area contributed by atoms with Crippen LogP contribution in [0.15, 0.2) is 72.8 Å². The molecule has 5 rings (SSSR count). The minimum Gasteiger partial charge on any atom is -0.483 e. The van der Waals surface area contributed by atoms with Gasteiger partial charge in [0.15, 0.2) is 11.6 Å². The van der Waals surface area contributed by atoms with Gasteiger partial charge in [-0.2, -0.15) is 0 Å². The SMILES string of the molecule is Cc1c(N2CC(CCC[C@H](C)c3cccc4ccccc34)Oc3c(F)cccc32)ccc(F)c1C(=O)O.Cl. The maximum Gasteiger partial charge on any atom is 0.339 e. The Hall–Kier alpha value is -3.64. The predicted octanol–water partition coefficient (Wildman–Crippen LogP) is 8.42. The van der Waals surface area contributed by atoms with Crippen molar-refractivity contribution in [3.05, 3.63) is 101 Å². The number of hydrogen-bond acceptors (Lipinski definition) is 3. The number of ether oxygens (including phenoxy) is 1. The quantitative estimate of drug-likeness (QED) is 0.257. The van der Waals surface area contributed by atoms with Crippen LogP contribution >= 0.6 is 12.4 Å². The van der Waals surface area contributed by atoms with Gasteiger partial charge in [0.25, 0.3) is 0 Å². The second-order valence-electron chi connectivity index (χ2n) is 9.71. The molecule has 1 unspecified atom stereocenters. The van der Waals surface area contributed by atoms with Crippen molar-refractivity contribution in [2.45, 2.75) is 45.1 Å². The summed E-state index contributed by atoms with van der Waals surface area (Å²) in [5, 5.41) is 12.0. The summed E-state index contributed by atoms with van der Waals surface area (Å²) in [6.07, 6.45) is 2.21. The minimum atomic E-state index is -1.33. The van der Waals surface area contributed by atoms with Crippen LogP contribution in [-0.4, -0.2) is 23.7 Å². The van der Waals surface area contributed by atoms with Crippen LogP contribution in [0.5, 0.6) is 5.75 Å². The first-order chi connectivity index (χ1) is 17.8. The van der Waals surface area contributed by atoms with E-state index in [1.54, 1.807) is 25.1 Å². The normalized spacial score (nSPS) is 15.4. The van der Waals surface area contributed by atoms with Crippen LogP contribution in [-0.2, 0) is 0 Å². The lowest BCUT2D eigenvalue weighted by atomic mass is 9.90. The molecule has 4 aromatic rings. The fraction of sp³-hybridized carbons (Fsp3) is 0.258. The highest BCUT2D eigenvalue weighted by Crippen LogP contribution is 2.42. The Morgan fingerprint density at radius 2 is 1.74 bits per heavy atom. The van der Waals surface area contributed by atoms with Crippen molar-refractivity contribution in [3.63, 3.8) is 0 Å². The Morgan fingerprint density at radius 3 is 2.53 bits per heavy atom. The number of fused-ring (bicyclic) bond motifs is 2. The van der Waals surface area contributed by atoms with Crippen molar-refractivity contribution >= 4 is 40.5 Å². The number of halogens is 3. The number of aromatic carboxylic acids is 1. The number of benzene rings is 4. The molecule has 0 saturated carbocycles. The summed E-state index contributed by atoms with van der Waals surface area (Å²) in [7, 11) is 0. The molecule has 2 atom stereocenters. The van der Waals surface area contributed by atoms with Crippen molar-refractivity contribution in [2.75, 3.05) is 11.4 Å². The highest BCUT2D eigenvalue weighted by atomic mass is 35.5. The van der Waals surface area contributed by atoms with E-state index in [-0.39, 0.29) is 29.8 Å². The largest absolute Gasteiger partial charge is 0.483 e. The van der Waals surface area contributed by atoms with Gasteiger partial charge in [0.1, 0.15) is 17.5 Å². The monoisotopic (exact) mass is 537 g/mol. The molecule has 0 amide bonds. The number of anilines is 2. The molecule has 1 aliphatic rings. The van der Waals surface area contributed by atoms with Gasteiger partial charge in [0.05, 0.1) is 12.2 Å². The van der Waals surface area contributed by atoms with Gasteiger partial charge < -0.3 is 14.7 Å². The second kappa shape index (κ2) is 11.4. The van der Waals surface area contributed by atoms with Gasteiger partial charge in [0.2, 0.25) is 0 Å². The van der Waals surface area contributed by atoms with E-state index in [2.05, 4.69) is 43.3 Å². The Labute approximate surface area is 227 Å². The highest BCUT2D eigenvalue weighted by Gasteiger charge is 2.31. The first-order valence-electron chi connectivity index (χ1n) is 12.6. The molecule has 4 nitrogen and oxygen atoms in total. The third-order valence-electron chi connectivity index (χ3n) is 7.32. The molecule has 198 valence electrons. The lowest BCUT2D eigenvalue weighted by Crippen LogP contribution is -2.38. The van der Waals surface area contributed by atoms with Crippen LogP contribution < -0.4 is 9.64 Å². The van der Waals surface area contributed by atoms with E-state index in [9.17, 15) is 18.7 Å². The number of carboxylic acid groups (broad SMARTS) is 1. The van der Waals surface area contributed by atoms with Crippen LogP contribution in [0.4, 0.5) is 20.2 Å². The Balaban J connectivity index is 0.00000336. The molecule has 0 aliphatic carbocycles. The number of nitrogens with zero attached hydrogens (tertiary/aromatic N) is 1. The number of carbonyl (C=O) groups is 1. The molecule has 1 heterocycles. The van der Waals surface area contributed by atoms with Gasteiger partial charge in [-0.25, -0.2) is 13.6 Å². The summed E-state index contributed by atoms with van der Waals surface area (Å²) in [6, 6.07) is 22.1. The molecular weight excluding hydrogens is 508 g/mol. The summed E-state index contributed by atoms with van der Waals surface area (Å²) in [6.45, 7) is 4.21. The first kappa shape index (κ1) is 27.4. The molecule has 0 radical (unpaired) electrons. The molecule has 0 fully saturated rings. The van der Waals surface area contributed by atoms with E-state index in [4.69, 9.17) is 4.74 Å². The van der Waals surface area contributed by atoms with Gasteiger partial charge in [0, 0.05) is 5.69 Å². The summed E-state index contributed by atoms with van der Waals surface area (Å²) >= 11 is 0. The van der Waals surface area contributed by atoms with E-state index >= 15 is 0 Å². The fourth-order valence-electron chi connectivity index (χ4n) is 5.42. The molecule has 0 saturated heterocycles. The zero-order valence-electron chi connectivity index (χ0n) is 21.3. The fourth-order valence-corrected chi connectivity index (χ4v) is 5.42. The zero-order chi connectivity index (χ0) is 26.1. The van der Waals surface area contributed by atoms with E-state index in [0.29, 0.717) is 35.8 Å². The number of rotatable bonds is 7. The second-order valence-corrected chi connectivity index (χ2v) is 9.71. The molecule has 0 aromatic heterocycles. The Morgan fingerprint density at radius 1 is 1.00 bits per heavy atom. The number of carboxylic acids is 1. The Bertz CT molecular complexity index is 1470. The van der Waals surface area contributed by atoms with E-state index in [1.807, 2.05) is 11.0 Å². The maximum absolute atomic E-state index is 14.8. The number of para-hydroxylation sites is 1. The maximum atomic E-state index is 14.8. The van der Waals surface area contributed by atoms with Crippen LogP contribution in [0.2, 0.25) is 0 Å². The average Bonchev–Trinajstić information content (AvgIpc) is 2.88. The summed E-state index contributed by atoms with van der Waals surface area (Å²) in [5.74, 6) is -2.12. The lowest BCUT2D eigenvalue weighted by molar-refractivity contribution is 0.0691. The van der Waals surface area contributed by atoms with Gasteiger partial charge >= 0.3 is 5.97 Å². The molecule has 0 bridgehead atoms. The Kier molecular flexibility index (Phi) is 8.22. The van der Waals surface area contributed by atoms with Crippen molar-refractivity contribution in [1.82, 2.24) is 0 Å². The molecule has 7 heteroatoms. The van der Waals surface area contributed by atoms with Gasteiger partial charge in [-0.3, -0.25) is 0 Å². The average molecular weight is 538 g/mol. The van der Waals surface area contributed by atoms with E-state index in [0.717, 1.165) is 18.9 Å². The smallest absolute Gasteiger partial charge is 0.339 e. The van der Waals surface area contributed by atoms with Crippen molar-refractivity contribution < 1.29 is 23.4 Å². The van der Waals surface area contributed by atoms with Crippen LogP contribution in [0.3, 0.4) is 0 Å². The predicted molar refractivity (Wildman–Crippen MR) is 149 cm³/mol. The molecule has 1 aliphatic heterocycles. The molecule has 0 spiro atoms. The summed E-state index contributed by atoms with van der Waals surface area (Å²) < 4.78 is 35.2. The summed E-state index contributed by atoms with van der Waals surface area (Å²) in [5.41, 5.74) is 2.27. The van der Waals surface area contributed by atoms with E-state index in [1.165, 1.54) is 22.4 Å². The van der Waals surface area contributed by atoms with Gasteiger partial charge in [-0.15, -0.1) is 12.4 Å². The van der Waals surface area contributed by atoms with Crippen LogP contribution in [0.25, 0.3) is 10.8 Å². The lowest BCUT2D eigenvalue weighted by Gasteiger charge is -2.37. The molecule has 4 aromatic carbocycles. The molecular formula is C31H30ClF2NO3. The van der Waals surface area contributed by atoms with Gasteiger partial charge in [-0.05, 0) is 78.3 Å². The topological polar surface area (TPSA) is 49.8 Å².